The van der Waals surface area contributed by atoms with E-state index in [0.29, 0.717) is 5.75 Å². The second-order valence-corrected chi connectivity index (χ2v) is 5.50. The summed E-state index contributed by atoms with van der Waals surface area (Å²) in [4.78, 5) is 11.1. The van der Waals surface area contributed by atoms with Crippen LogP contribution in [0.3, 0.4) is 0 Å². The molecule has 0 atom stereocenters. The minimum absolute atomic E-state index is 0.300. The molecule has 0 aromatic heterocycles. The van der Waals surface area contributed by atoms with Crippen LogP contribution in [0.1, 0.15) is 6.92 Å². The third kappa shape index (κ3) is 2.19. The van der Waals surface area contributed by atoms with Gasteiger partial charge >= 0.3 is 5.97 Å². The molecule has 0 N–H and O–H groups in total. The Balaban J connectivity index is 1.97. The number of carbonyl (C=O) groups excluding carboxylic acids is 1. The number of benzene rings is 4. The lowest BCUT2D eigenvalue weighted by molar-refractivity contribution is -0.131. The monoisotopic (exact) mass is 286 g/mol. The number of rotatable bonds is 1. The lowest BCUT2D eigenvalue weighted by atomic mass is 10.00. The fraction of sp³-hybridized carbons (Fsp3) is 0.0500. The van der Waals surface area contributed by atoms with Crippen molar-refractivity contribution < 1.29 is 9.53 Å². The summed E-state index contributed by atoms with van der Waals surface area (Å²) in [5.41, 5.74) is 0. The van der Waals surface area contributed by atoms with Crippen LogP contribution in [-0.4, -0.2) is 5.97 Å². The Morgan fingerprint density at radius 3 is 1.77 bits per heavy atom. The summed E-state index contributed by atoms with van der Waals surface area (Å²) in [6.45, 7) is 1.41. The largest absolute Gasteiger partial charge is 0.427 e. The molecule has 0 spiro atoms. The molecule has 0 saturated carbocycles. The highest BCUT2D eigenvalue weighted by Crippen LogP contribution is 2.29. The van der Waals surface area contributed by atoms with Crippen molar-refractivity contribution >= 4 is 38.3 Å². The van der Waals surface area contributed by atoms with Gasteiger partial charge in [0, 0.05) is 6.92 Å². The first-order valence-corrected chi connectivity index (χ1v) is 7.24. The van der Waals surface area contributed by atoms with Crippen molar-refractivity contribution in [3.8, 4) is 5.75 Å². The summed E-state index contributed by atoms with van der Waals surface area (Å²) in [5, 5.41) is 7.08. The molecule has 0 aliphatic carbocycles. The summed E-state index contributed by atoms with van der Waals surface area (Å²) < 4.78 is 5.17. The zero-order valence-electron chi connectivity index (χ0n) is 12.2. The lowest BCUT2D eigenvalue weighted by Gasteiger charge is -2.07. The van der Waals surface area contributed by atoms with E-state index in [1.807, 2.05) is 24.3 Å². The molecule has 4 aromatic carbocycles. The van der Waals surface area contributed by atoms with Crippen LogP contribution in [0.2, 0.25) is 0 Å². The maximum atomic E-state index is 11.1. The van der Waals surface area contributed by atoms with Crippen molar-refractivity contribution in [3.05, 3.63) is 66.7 Å². The first-order valence-electron chi connectivity index (χ1n) is 7.24. The summed E-state index contributed by atoms with van der Waals surface area (Å²) >= 11 is 0. The number of hydrogen-bond acceptors (Lipinski definition) is 2. The number of ether oxygens (including phenoxy) is 1. The van der Waals surface area contributed by atoms with Gasteiger partial charge in [-0.1, -0.05) is 30.3 Å². The normalized spacial score (nSPS) is 11.1. The van der Waals surface area contributed by atoms with Gasteiger partial charge in [-0.2, -0.15) is 0 Å². The highest BCUT2D eigenvalue weighted by molar-refractivity contribution is 6.04. The average molecular weight is 286 g/mol. The second kappa shape index (κ2) is 4.85. The first-order chi connectivity index (χ1) is 10.7. The molecule has 0 saturated heterocycles. The highest BCUT2D eigenvalue weighted by Gasteiger charge is 2.04. The van der Waals surface area contributed by atoms with Crippen LogP contribution in [0.4, 0.5) is 0 Å². The molecule has 4 aromatic rings. The van der Waals surface area contributed by atoms with Gasteiger partial charge in [0.1, 0.15) is 5.75 Å². The fourth-order valence-electron chi connectivity index (χ4n) is 2.90. The first kappa shape index (κ1) is 12.8. The summed E-state index contributed by atoms with van der Waals surface area (Å²) in [6.07, 6.45) is 0. The van der Waals surface area contributed by atoms with Crippen LogP contribution in [0.5, 0.6) is 5.75 Å². The van der Waals surface area contributed by atoms with Crippen LogP contribution >= 0.6 is 0 Å². The Morgan fingerprint density at radius 1 is 0.682 bits per heavy atom. The number of fused-ring (bicyclic) bond motifs is 3. The molecule has 0 aliphatic rings. The van der Waals surface area contributed by atoms with Gasteiger partial charge in [-0.15, -0.1) is 0 Å². The standard InChI is InChI=1S/C20H14O2/c1-13(21)22-20-7-6-16-10-17-8-14-4-2-3-5-15(14)9-18(17)11-19(16)12-20/h2-12H,1H3. The molecule has 0 radical (unpaired) electrons. The molecular formula is C20H14O2. The fourth-order valence-corrected chi connectivity index (χ4v) is 2.90. The van der Waals surface area contributed by atoms with E-state index in [2.05, 4.69) is 42.5 Å². The smallest absolute Gasteiger partial charge is 0.308 e. The molecule has 0 aliphatic heterocycles. The van der Waals surface area contributed by atoms with Crippen LogP contribution in [0, 0.1) is 0 Å². The van der Waals surface area contributed by atoms with Crippen molar-refractivity contribution in [2.24, 2.45) is 0 Å². The molecular weight excluding hydrogens is 272 g/mol. The number of esters is 1. The Morgan fingerprint density at radius 2 is 1.18 bits per heavy atom. The van der Waals surface area contributed by atoms with E-state index in [0.717, 1.165) is 10.8 Å². The Hall–Kier alpha value is -2.87. The van der Waals surface area contributed by atoms with Gasteiger partial charge in [0.15, 0.2) is 0 Å². The van der Waals surface area contributed by atoms with Gasteiger partial charge < -0.3 is 4.74 Å². The summed E-state index contributed by atoms with van der Waals surface area (Å²) in [6, 6.07) is 22.8. The van der Waals surface area contributed by atoms with E-state index in [9.17, 15) is 4.79 Å². The van der Waals surface area contributed by atoms with E-state index >= 15 is 0 Å². The van der Waals surface area contributed by atoms with Gasteiger partial charge in [-0.25, -0.2) is 0 Å². The SMILES string of the molecule is CC(=O)Oc1ccc2cc3cc4ccccc4cc3cc2c1. The molecule has 0 heterocycles. The van der Waals surface area contributed by atoms with E-state index in [-0.39, 0.29) is 5.97 Å². The quantitative estimate of drug-likeness (QED) is 0.277. The zero-order valence-corrected chi connectivity index (χ0v) is 12.2. The molecule has 0 unspecified atom stereocenters. The van der Waals surface area contributed by atoms with E-state index in [1.54, 1.807) is 0 Å². The van der Waals surface area contributed by atoms with Crippen molar-refractivity contribution in [2.75, 3.05) is 0 Å². The molecule has 2 heteroatoms. The van der Waals surface area contributed by atoms with Gasteiger partial charge in [0.25, 0.3) is 0 Å². The van der Waals surface area contributed by atoms with Crippen LogP contribution in [-0.2, 0) is 4.79 Å². The summed E-state index contributed by atoms with van der Waals surface area (Å²) in [7, 11) is 0. The topological polar surface area (TPSA) is 26.3 Å². The van der Waals surface area contributed by atoms with Gasteiger partial charge in [0.05, 0.1) is 0 Å². The molecule has 0 amide bonds. The second-order valence-electron chi connectivity index (χ2n) is 5.50. The summed E-state index contributed by atoms with van der Waals surface area (Å²) in [5.74, 6) is 0.284. The Bertz CT molecular complexity index is 1030. The van der Waals surface area contributed by atoms with Crippen molar-refractivity contribution in [3.63, 3.8) is 0 Å². The minimum Gasteiger partial charge on any atom is -0.427 e. The van der Waals surface area contributed by atoms with Crippen molar-refractivity contribution in [1.29, 1.82) is 0 Å². The predicted octanol–water partition coefficient (Wildman–Crippen LogP) is 5.07. The van der Waals surface area contributed by atoms with Gasteiger partial charge in [-0.3, -0.25) is 4.79 Å². The molecule has 4 rings (SSSR count). The lowest BCUT2D eigenvalue weighted by Crippen LogP contribution is -2.00. The van der Waals surface area contributed by atoms with E-state index in [1.165, 1.54) is 28.5 Å². The Kier molecular flexibility index (Phi) is 2.83. The van der Waals surface area contributed by atoms with E-state index in [4.69, 9.17) is 4.74 Å². The number of carbonyl (C=O) groups is 1. The van der Waals surface area contributed by atoms with Crippen LogP contribution in [0.25, 0.3) is 32.3 Å². The zero-order chi connectivity index (χ0) is 15.1. The van der Waals surface area contributed by atoms with E-state index < -0.39 is 0 Å². The molecule has 0 fully saturated rings. The highest BCUT2D eigenvalue weighted by atomic mass is 16.5. The average Bonchev–Trinajstić information content (AvgIpc) is 2.50. The number of hydrogen-bond donors (Lipinski definition) is 0. The predicted molar refractivity (Wildman–Crippen MR) is 90.3 cm³/mol. The third-order valence-corrected chi connectivity index (χ3v) is 3.89. The van der Waals surface area contributed by atoms with Gasteiger partial charge in [-0.05, 0) is 68.7 Å². The molecule has 0 bridgehead atoms. The van der Waals surface area contributed by atoms with Crippen molar-refractivity contribution in [1.82, 2.24) is 0 Å². The third-order valence-electron chi connectivity index (χ3n) is 3.89. The molecule has 2 nitrogen and oxygen atoms in total. The van der Waals surface area contributed by atoms with Crippen LogP contribution in [0.15, 0.2) is 66.7 Å². The Labute approximate surface area is 127 Å². The molecule has 22 heavy (non-hydrogen) atoms. The van der Waals surface area contributed by atoms with Gasteiger partial charge in [0.2, 0.25) is 0 Å². The van der Waals surface area contributed by atoms with Crippen LogP contribution < -0.4 is 4.74 Å². The minimum atomic E-state index is -0.300. The maximum Gasteiger partial charge on any atom is 0.308 e. The maximum absolute atomic E-state index is 11.1. The molecule has 106 valence electrons. The van der Waals surface area contributed by atoms with Crippen molar-refractivity contribution in [2.45, 2.75) is 6.92 Å².